The summed E-state index contributed by atoms with van der Waals surface area (Å²) in [7, 11) is 0. The molecule has 0 radical (unpaired) electrons. The molecule has 0 aromatic carbocycles. The van der Waals surface area contributed by atoms with Gasteiger partial charge in [-0.2, -0.15) is 0 Å². The van der Waals surface area contributed by atoms with Crippen molar-refractivity contribution in [1.82, 2.24) is 0 Å². The highest BCUT2D eigenvalue weighted by Crippen LogP contribution is 1.86. The molecule has 0 aliphatic heterocycles. The fourth-order valence-electron chi connectivity index (χ4n) is 0.288. The zero-order chi connectivity index (χ0) is 7.28. The zero-order valence-electron chi connectivity index (χ0n) is 5.02. The van der Waals surface area contributed by atoms with E-state index in [1.807, 2.05) is 0 Å². The van der Waals surface area contributed by atoms with Gasteiger partial charge in [0.1, 0.15) is 0 Å². The van der Waals surface area contributed by atoms with Gasteiger partial charge in [0.05, 0.1) is 13.1 Å². The van der Waals surface area contributed by atoms with E-state index in [1.165, 1.54) is 0 Å². The molecule has 3 nitrogen and oxygen atoms in total. The van der Waals surface area contributed by atoms with Gasteiger partial charge < -0.3 is 4.74 Å². The molecule has 52 valence electrons. The second kappa shape index (κ2) is 4.00. The summed E-state index contributed by atoms with van der Waals surface area (Å²) >= 11 is 0. The number of ether oxygens (including phenoxy) is 1. The maximum Gasteiger partial charge on any atom is 0.316 e. The van der Waals surface area contributed by atoms with Gasteiger partial charge >= 0.3 is 11.9 Å². The molecule has 0 amide bonds. The van der Waals surface area contributed by atoms with Crippen molar-refractivity contribution in [2.45, 2.75) is 13.3 Å². The van der Waals surface area contributed by atoms with Gasteiger partial charge in [0.25, 0.3) is 0 Å². The Morgan fingerprint density at radius 1 is 1.56 bits per heavy atom. The minimum atomic E-state index is -0.815. The summed E-state index contributed by atoms with van der Waals surface area (Å²) in [6.45, 7) is 0.308. The molecule has 0 fully saturated rings. The summed E-state index contributed by atoms with van der Waals surface area (Å²) in [5.74, 6) is -1.52. The van der Waals surface area contributed by atoms with Crippen molar-refractivity contribution in [3.05, 3.63) is 0 Å². The van der Waals surface area contributed by atoms with Crippen molar-refractivity contribution in [2.24, 2.45) is 0 Å². The van der Waals surface area contributed by atoms with Crippen molar-refractivity contribution in [2.75, 3.05) is 6.67 Å². The second-order valence-corrected chi connectivity index (χ2v) is 1.40. The first-order valence-electron chi connectivity index (χ1n) is 2.44. The molecule has 0 saturated heterocycles. The van der Waals surface area contributed by atoms with Gasteiger partial charge in [-0.3, -0.25) is 14.0 Å². The molecule has 0 rings (SSSR count). The lowest BCUT2D eigenvalue weighted by Gasteiger charge is -1.93. The summed E-state index contributed by atoms with van der Waals surface area (Å²) in [6.07, 6.45) is -0.348. The van der Waals surface area contributed by atoms with Crippen LogP contribution in [0.1, 0.15) is 13.3 Å². The van der Waals surface area contributed by atoms with Gasteiger partial charge in [-0.1, -0.05) is 0 Å². The molecular weight excluding hydrogens is 127 g/mol. The Kier molecular flexibility index (Phi) is 3.59. The molecule has 0 atom stereocenters. The molecule has 0 aromatic rings. The highest BCUT2D eigenvalue weighted by atomic mass is 19.1. The van der Waals surface area contributed by atoms with Gasteiger partial charge in [-0.05, 0) is 0 Å². The van der Waals surface area contributed by atoms with E-state index in [0.717, 1.165) is 6.92 Å². The van der Waals surface area contributed by atoms with Gasteiger partial charge in [0.2, 0.25) is 0 Å². The van der Waals surface area contributed by atoms with E-state index in [9.17, 15) is 14.0 Å². The number of carbonyl (C=O) groups is 2. The first-order chi connectivity index (χ1) is 4.16. The van der Waals surface area contributed by atoms with Crippen LogP contribution in [0.5, 0.6) is 0 Å². The van der Waals surface area contributed by atoms with Crippen LogP contribution in [0.15, 0.2) is 0 Å². The normalized spacial score (nSPS) is 8.67. The smallest absolute Gasteiger partial charge is 0.316 e. The minimum Gasteiger partial charge on any atom is -0.393 e. The van der Waals surface area contributed by atoms with Crippen LogP contribution in [0.4, 0.5) is 4.39 Å². The predicted octanol–water partition coefficient (Wildman–Crippen LogP) is 0.436. The van der Waals surface area contributed by atoms with Crippen LogP contribution >= 0.6 is 0 Å². The first kappa shape index (κ1) is 8.07. The lowest BCUT2D eigenvalue weighted by atomic mass is 10.5. The minimum absolute atomic E-state index is 0.348. The Balaban J connectivity index is 3.39. The Labute approximate surface area is 51.8 Å². The lowest BCUT2D eigenvalue weighted by molar-refractivity contribution is -0.158. The van der Waals surface area contributed by atoms with E-state index in [1.54, 1.807) is 0 Å². The summed E-state index contributed by atoms with van der Waals surface area (Å²) < 4.78 is 15.3. The summed E-state index contributed by atoms with van der Waals surface area (Å²) in [6, 6.07) is 0. The highest BCUT2D eigenvalue weighted by molar-refractivity contribution is 5.84. The van der Waals surface area contributed by atoms with Crippen LogP contribution in [0, 0.1) is 0 Å². The fourth-order valence-corrected chi connectivity index (χ4v) is 0.288. The maximum atomic E-state index is 11.3. The van der Waals surface area contributed by atoms with Gasteiger partial charge in [-0.15, -0.1) is 0 Å². The molecule has 0 aromatic heterocycles. The fraction of sp³-hybridized carbons (Fsp3) is 0.600. The summed E-state index contributed by atoms with van der Waals surface area (Å²) in [5.41, 5.74) is 0. The number of halogens is 1. The van der Waals surface area contributed by atoms with E-state index in [4.69, 9.17) is 0 Å². The maximum absolute atomic E-state index is 11.3. The van der Waals surface area contributed by atoms with Gasteiger partial charge in [0, 0.05) is 6.92 Å². The summed E-state index contributed by atoms with van der Waals surface area (Å²) in [5, 5.41) is 0. The molecule has 0 aliphatic carbocycles. The van der Waals surface area contributed by atoms with E-state index in [0.29, 0.717) is 0 Å². The van der Waals surface area contributed by atoms with Crippen LogP contribution in [-0.4, -0.2) is 18.6 Å². The third kappa shape index (κ3) is 4.93. The molecular formula is C5H7FO3. The molecule has 0 aliphatic rings. The number of rotatable bonds is 2. The first-order valence-corrected chi connectivity index (χ1v) is 2.44. The van der Waals surface area contributed by atoms with Crippen molar-refractivity contribution in [3.8, 4) is 0 Å². The van der Waals surface area contributed by atoms with Crippen LogP contribution < -0.4 is 0 Å². The number of alkyl halides is 1. The number of carbonyl (C=O) groups excluding carboxylic acids is 2. The molecule has 0 unspecified atom stereocenters. The molecule has 0 N–H and O–H groups in total. The third-order valence-electron chi connectivity index (χ3n) is 0.556. The third-order valence-corrected chi connectivity index (χ3v) is 0.556. The topological polar surface area (TPSA) is 43.4 Å². The Morgan fingerprint density at radius 2 is 2.11 bits per heavy atom. The Morgan fingerprint density at radius 3 is 2.44 bits per heavy atom. The van der Waals surface area contributed by atoms with Crippen LogP contribution in [0.2, 0.25) is 0 Å². The average molecular weight is 134 g/mol. The number of hydrogen-bond donors (Lipinski definition) is 0. The number of esters is 2. The Hall–Kier alpha value is -0.930. The second-order valence-electron chi connectivity index (χ2n) is 1.40. The molecule has 4 heteroatoms. The number of hydrogen-bond acceptors (Lipinski definition) is 3. The SMILES string of the molecule is CC(=O)OC(=O)CCF. The van der Waals surface area contributed by atoms with Crippen LogP contribution in [0.25, 0.3) is 0 Å². The predicted molar refractivity (Wildman–Crippen MR) is 27.4 cm³/mol. The monoisotopic (exact) mass is 134 g/mol. The average Bonchev–Trinajstić information content (AvgIpc) is 1.63. The largest absolute Gasteiger partial charge is 0.393 e. The van der Waals surface area contributed by atoms with Crippen LogP contribution in [0.3, 0.4) is 0 Å². The quantitative estimate of drug-likeness (QED) is 0.406. The van der Waals surface area contributed by atoms with Crippen LogP contribution in [-0.2, 0) is 14.3 Å². The van der Waals surface area contributed by atoms with E-state index in [2.05, 4.69) is 4.74 Å². The van der Waals surface area contributed by atoms with E-state index < -0.39 is 18.6 Å². The molecule has 0 spiro atoms. The van der Waals surface area contributed by atoms with Crippen molar-refractivity contribution >= 4 is 11.9 Å². The molecule has 0 heterocycles. The van der Waals surface area contributed by atoms with E-state index >= 15 is 0 Å². The lowest BCUT2D eigenvalue weighted by Crippen LogP contribution is -2.08. The molecule has 9 heavy (non-hydrogen) atoms. The van der Waals surface area contributed by atoms with Crippen molar-refractivity contribution in [1.29, 1.82) is 0 Å². The van der Waals surface area contributed by atoms with E-state index in [-0.39, 0.29) is 6.42 Å². The highest BCUT2D eigenvalue weighted by Gasteiger charge is 2.03. The standard InChI is InChI=1S/C5H7FO3/c1-4(7)9-5(8)2-3-6/h2-3H2,1H3. The van der Waals surface area contributed by atoms with Crippen molar-refractivity contribution < 1.29 is 18.7 Å². The molecule has 0 saturated carbocycles. The Bertz CT molecular complexity index is 121. The summed E-state index contributed by atoms with van der Waals surface area (Å²) in [4.78, 5) is 20.1. The zero-order valence-corrected chi connectivity index (χ0v) is 5.02. The van der Waals surface area contributed by atoms with Crippen molar-refractivity contribution in [3.63, 3.8) is 0 Å². The van der Waals surface area contributed by atoms with Gasteiger partial charge in [-0.25, -0.2) is 0 Å². The van der Waals surface area contributed by atoms with Gasteiger partial charge in [0.15, 0.2) is 0 Å². The molecule has 0 bridgehead atoms.